The molecule has 2 atom stereocenters. The third kappa shape index (κ3) is 4.29. The summed E-state index contributed by atoms with van der Waals surface area (Å²) in [5, 5.41) is 1.11. The molecule has 0 aliphatic heterocycles. The van der Waals surface area contributed by atoms with Crippen molar-refractivity contribution in [3.63, 3.8) is 0 Å². The van der Waals surface area contributed by atoms with Gasteiger partial charge in [-0.3, -0.25) is 0 Å². The predicted octanol–water partition coefficient (Wildman–Crippen LogP) is 4.98. The summed E-state index contributed by atoms with van der Waals surface area (Å²) in [6.45, 7) is 6.79. The van der Waals surface area contributed by atoms with E-state index in [1.165, 1.54) is 30.4 Å². The Kier molecular flexibility index (Phi) is 6.12. The minimum atomic E-state index is 0.766. The number of rotatable bonds is 6. The molecule has 0 spiro atoms. The van der Waals surface area contributed by atoms with Gasteiger partial charge in [-0.25, -0.2) is 0 Å². The van der Waals surface area contributed by atoms with Crippen LogP contribution in [0.5, 0.6) is 0 Å². The standard InChI is InChI=1S/C15H23Br/c1-4-5-13(3)15(11-16)10-14-8-6-12(2)7-9-14/h6-9,13,15H,4-5,10-11H2,1-3H3. The fraction of sp³-hybridized carbons (Fsp3) is 0.600. The molecule has 0 nitrogen and oxygen atoms in total. The molecule has 0 aliphatic rings. The molecule has 0 saturated carbocycles. The first-order valence-corrected chi connectivity index (χ1v) is 7.41. The van der Waals surface area contributed by atoms with Crippen LogP contribution in [0.4, 0.5) is 0 Å². The zero-order valence-electron chi connectivity index (χ0n) is 10.7. The van der Waals surface area contributed by atoms with Gasteiger partial charge in [0.1, 0.15) is 0 Å². The van der Waals surface area contributed by atoms with E-state index >= 15 is 0 Å². The Bertz CT molecular complexity index is 289. The van der Waals surface area contributed by atoms with Crippen LogP contribution in [0.15, 0.2) is 24.3 Å². The molecule has 90 valence electrons. The molecule has 0 heterocycles. The number of benzene rings is 1. The predicted molar refractivity (Wildman–Crippen MR) is 76.2 cm³/mol. The second kappa shape index (κ2) is 7.11. The van der Waals surface area contributed by atoms with E-state index in [1.54, 1.807) is 0 Å². The lowest BCUT2D eigenvalue weighted by Crippen LogP contribution is -2.16. The number of hydrogen-bond donors (Lipinski definition) is 0. The SMILES string of the molecule is CCCC(C)C(CBr)Cc1ccc(C)cc1. The monoisotopic (exact) mass is 282 g/mol. The van der Waals surface area contributed by atoms with Gasteiger partial charge in [-0.1, -0.05) is 72.4 Å². The van der Waals surface area contributed by atoms with Crippen LogP contribution in [0.1, 0.15) is 37.8 Å². The molecular weight excluding hydrogens is 260 g/mol. The van der Waals surface area contributed by atoms with Gasteiger partial charge in [-0.05, 0) is 30.7 Å². The summed E-state index contributed by atoms with van der Waals surface area (Å²) in [6, 6.07) is 8.96. The maximum atomic E-state index is 3.66. The van der Waals surface area contributed by atoms with Crippen LogP contribution in [-0.2, 0) is 6.42 Å². The van der Waals surface area contributed by atoms with Gasteiger partial charge in [0.15, 0.2) is 0 Å². The highest BCUT2D eigenvalue weighted by molar-refractivity contribution is 9.09. The molecule has 1 rings (SSSR count). The van der Waals surface area contributed by atoms with E-state index < -0.39 is 0 Å². The van der Waals surface area contributed by atoms with Crippen molar-refractivity contribution in [2.45, 2.75) is 40.0 Å². The van der Waals surface area contributed by atoms with Crippen molar-refractivity contribution < 1.29 is 0 Å². The summed E-state index contributed by atoms with van der Waals surface area (Å²) >= 11 is 3.66. The van der Waals surface area contributed by atoms with E-state index in [4.69, 9.17) is 0 Å². The number of halogens is 1. The van der Waals surface area contributed by atoms with Crippen LogP contribution < -0.4 is 0 Å². The molecule has 1 aromatic carbocycles. The molecule has 1 aromatic rings. The van der Waals surface area contributed by atoms with Gasteiger partial charge >= 0.3 is 0 Å². The fourth-order valence-corrected chi connectivity index (χ4v) is 2.99. The topological polar surface area (TPSA) is 0 Å². The Morgan fingerprint density at radius 2 is 1.81 bits per heavy atom. The lowest BCUT2D eigenvalue weighted by molar-refractivity contribution is 0.367. The number of hydrogen-bond acceptors (Lipinski definition) is 0. The quantitative estimate of drug-likeness (QED) is 0.645. The van der Waals surface area contributed by atoms with Gasteiger partial charge in [-0.15, -0.1) is 0 Å². The minimum Gasteiger partial charge on any atom is -0.0925 e. The second-order valence-electron chi connectivity index (χ2n) is 4.87. The summed E-state index contributed by atoms with van der Waals surface area (Å²) < 4.78 is 0. The highest BCUT2D eigenvalue weighted by Gasteiger charge is 2.15. The molecule has 1 heteroatoms. The number of aryl methyl sites for hydroxylation is 1. The molecule has 0 aromatic heterocycles. The van der Waals surface area contributed by atoms with Crippen molar-refractivity contribution in [2.24, 2.45) is 11.8 Å². The van der Waals surface area contributed by atoms with Gasteiger partial charge in [0, 0.05) is 5.33 Å². The van der Waals surface area contributed by atoms with Crippen molar-refractivity contribution in [1.82, 2.24) is 0 Å². The average Bonchev–Trinajstić information content (AvgIpc) is 2.28. The molecule has 0 fully saturated rings. The van der Waals surface area contributed by atoms with Crippen LogP contribution in [0.3, 0.4) is 0 Å². The van der Waals surface area contributed by atoms with Crippen LogP contribution >= 0.6 is 15.9 Å². The first-order chi connectivity index (χ1) is 7.67. The van der Waals surface area contributed by atoms with Gasteiger partial charge in [0.2, 0.25) is 0 Å². The van der Waals surface area contributed by atoms with Gasteiger partial charge in [0.25, 0.3) is 0 Å². The lowest BCUT2D eigenvalue weighted by atomic mass is 9.87. The summed E-state index contributed by atoms with van der Waals surface area (Å²) in [5.74, 6) is 1.58. The molecule has 2 unspecified atom stereocenters. The maximum absolute atomic E-state index is 3.66. The Labute approximate surface area is 109 Å². The van der Waals surface area contributed by atoms with Crippen LogP contribution in [0.25, 0.3) is 0 Å². The first kappa shape index (κ1) is 13.8. The van der Waals surface area contributed by atoms with E-state index in [0.29, 0.717) is 0 Å². The van der Waals surface area contributed by atoms with Gasteiger partial charge in [0.05, 0.1) is 0 Å². The van der Waals surface area contributed by atoms with E-state index in [1.807, 2.05) is 0 Å². The van der Waals surface area contributed by atoms with E-state index in [9.17, 15) is 0 Å². The largest absolute Gasteiger partial charge is 0.0925 e. The van der Waals surface area contributed by atoms with Crippen molar-refractivity contribution in [1.29, 1.82) is 0 Å². The summed E-state index contributed by atoms with van der Waals surface area (Å²) in [6.07, 6.45) is 3.83. The third-order valence-corrected chi connectivity index (χ3v) is 4.20. The fourth-order valence-electron chi connectivity index (χ4n) is 2.13. The second-order valence-corrected chi connectivity index (χ2v) is 5.52. The summed E-state index contributed by atoms with van der Waals surface area (Å²) in [5.41, 5.74) is 2.82. The van der Waals surface area contributed by atoms with Crippen molar-refractivity contribution in [3.05, 3.63) is 35.4 Å². The molecular formula is C15H23Br. The molecule has 0 radical (unpaired) electrons. The molecule has 0 N–H and O–H groups in total. The summed E-state index contributed by atoms with van der Waals surface area (Å²) in [7, 11) is 0. The molecule has 0 amide bonds. The average molecular weight is 283 g/mol. The Hall–Kier alpha value is -0.300. The molecule has 0 bridgehead atoms. The van der Waals surface area contributed by atoms with E-state index in [-0.39, 0.29) is 0 Å². The van der Waals surface area contributed by atoms with E-state index in [0.717, 1.165) is 17.2 Å². The zero-order chi connectivity index (χ0) is 12.0. The smallest absolute Gasteiger partial charge is 0.00653 e. The number of alkyl halides is 1. The highest BCUT2D eigenvalue weighted by atomic mass is 79.9. The van der Waals surface area contributed by atoms with Crippen LogP contribution in [0, 0.1) is 18.8 Å². The van der Waals surface area contributed by atoms with E-state index in [2.05, 4.69) is 61.0 Å². The Balaban J connectivity index is 2.59. The molecule has 16 heavy (non-hydrogen) atoms. The summed E-state index contributed by atoms with van der Waals surface area (Å²) in [4.78, 5) is 0. The Morgan fingerprint density at radius 1 is 1.19 bits per heavy atom. The first-order valence-electron chi connectivity index (χ1n) is 6.28. The van der Waals surface area contributed by atoms with Crippen LogP contribution in [-0.4, -0.2) is 5.33 Å². The lowest BCUT2D eigenvalue weighted by Gasteiger charge is -2.21. The highest BCUT2D eigenvalue weighted by Crippen LogP contribution is 2.23. The normalized spacial score (nSPS) is 14.8. The third-order valence-electron chi connectivity index (χ3n) is 3.37. The Morgan fingerprint density at radius 3 is 2.31 bits per heavy atom. The maximum Gasteiger partial charge on any atom is 0.00653 e. The van der Waals surface area contributed by atoms with Crippen molar-refractivity contribution in [2.75, 3.05) is 5.33 Å². The van der Waals surface area contributed by atoms with Crippen molar-refractivity contribution >= 4 is 15.9 Å². The van der Waals surface area contributed by atoms with Crippen LogP contribution in [0.2, 0.25) is 0 Å². The molecule has 0 aliphatic carbocycles. The minimum absolute atomic E-state index is 0.766. The van der Waals surface area contributed by atoms with Gasteiger partial charge < -0.3 is 0 Å². The zero-order valence-corrected chi connectivity index (χ0v) is 12.3. The molecule has 0 saturated heterocycles. The van der Waals surface area contributed by atoms with Gasteiger partial charge in [-0.2, -0.15) is 0 Å². The van der Waals surface area contributed by atoms with Crippen molar-refractivity contribution in [3.8, 4) is 0 Å².